The van der Waals surface area contributed by atoms with Crippen LogP contribution >= 0.6 is 27.7 Å². The van der Waals surface area contributed by atoms with E-state index in [9.17, 15) is 13.2 Å². The van der Waals surface area contributed by atoms with Crippen LogP contribution in [-0.2, 0) is 10.0 Å². The maximum absolute atomic E-state index is 12.9. The fourth-order valence-corrected chi connectivity index (χ4v) is 3.76. The zero-order chi connectivity index (χ0) is 18.8. The van der Waals surface area contributed by atoms with E-state index in [0.29, 0.717) is 27.7 Å². The van der Waals surface area contributed by atoms with Crippen molar-refractivity contribution in [2.75, 3.05) is 17.2 Å². The molecule has 6 nitrogen and oxygen atoms in total. The lowest BCUT2D eigenvalue weighted by Gasteiger charge is -2.15. The molecule has 0 amide bonds. The standard InChI is InChI=1S/C16H18BrN3O3S2/c1-9-7-11(10(2)13(8-9)20-25(4,22)23)15(21)14(17)12-5-6-18-16(19-12)24-3/h5-8,14,20H,1-4H3. The van der Waals surface area contributed by atoms with Crippen molar-refractivity contribution in [2.24, 2.45) is 0 Å². The van der Waals surface area contributed by atoms with Crippen LogP contribution in [0.1, 0.15) is 32.0 Å². The summed E-state index contributed by atoms with van der Waals surface area (Å²) in [6.07, 6.45) is 4.54. The first-order valence-electron chi connectivity index (χ1n) is 7.26. The molecule has 134 valence electrons. The smallest absolute Gasteiger partial charge is 0.229 e. The lowest BCUT2D eigenvalue weighted by atomic mass is 9.97. The van der Waals surface area contributed by atoms with Crippen LogP contribution in [0.15, 0.2) is 29.6 Å². The third-order valence-electron chi connectivity index (χ3n) is 3.44. The molecule has 0 radical (unpaired) electrons. The Morgan fingerprint density at radius 2 is 2.00 bits per heavy atom. The van der Waals surface area contributed by atoms with Crippen molar-refractivity contribution < 1.29 is 13.2 Å². The number of anilines is 1. The number of rotatable bonds is 6. The summed E-state index contributed by atoms with van der Waals surface area (Å²) < 4.78 is 25.6. The van der Waals surface area contributed by atoms with Crippen molar-refractivity contribution in [3.05, 3.63) is 46.8 Å². The maximum Gasteiger partial charge on any atom is 0.229 e. The highest BCUT2D eigenvalue weighted by Gasteiger charge is 2.24. The molecule has 0 aliphatic rings. The summed E-state index contributed by atoms with van der Waals surface area (Å²) >= 11 is 4.80. The lowest BCUT2D eigenvalue weighted by molar-refractivity contribution is 0.0989. The highest BCUT2D eigenvalue weighted by atomic mass is 79.9. The average Bonchev–Trinajstić information content (AvgIpc) is 2.55. The summed E-state index contributed by atoms with van der Waals surface area (Å²) in [7, 11) is -3.44. The van der Waals surface area contributed by atoms with Crippen molar-refractivity contribution in [3.63, 3.8) is 0 Å². The van der Waals surface area contributed by atoms with Crippen molar-refractivity contribution in [1.29, 1.82) is 0 Å². The molecule has 0 aliphatic carbocycles. The molecular formula is C16H18BrN3O3S2. The minimum atomic E-state index is -3.44. The van der Waals surface area contributed by atoms with E-state index in [4.69, 9.17) is 0 Å². The number of alkyl halides is 1. The van der Waals surface area contributed by atoms with Gasteiger partial charge in [-0.15, -0.1) is 0 Å². The lowest BCUT2D eigenvalue weighted by Crippen LogP contribution is -2.15. The number of carbonyl (C=O) groups is 1. The van der Waals surface area contributed by atoms with Gasteiger partial charge in [0.15, 0.2) is 10.9 Å². The highest BCUT2D eigenvalue weighted by Crippen LogP contribution is 2.31. The van der Waals surface area contributed by atoms with Crippen LogP contribution in [0.5, 0.6) is 0 Å². The van der Waals surface area contributed by atoms with Gasteiger partial charge in [0.05, 0.1) is 17.6 Å². The van der Waals surface area contributed by atoms with Crippen LogP contribution < -0.4 is 4.72 Å². The van der Waals surface area contributed by atoms with E-state index in [1.165, 1.54) is 11.8 Å². The molecule has 1 aromatic heterocycles. The van der Waals surface area contributed by atoms with E-state index in [-0.39, 0.29) is 5.78 Å². The zero-order valence-corrected chi connectivity index (χ0v) is 17.4. The van der Waals surface area contributed by atoms with Gasteiger partial charge in [0.1, 0.15) is 4.83 Å². The van der Waals surface area contributed by atoms with Gasteiger partial charge in [-0.3, -0.25) is 9.52 Å². The first-order valence-corrected chi connectivity index (χ1v) is 11.3. The van der Waals surface area contributed by atoms with Crippen LogP contribution in [0.4, 0.5) is 5.69 Å². The summed E-state index contributed by atoms with van der Waals surface area (Å²) in [5.74, 6) is -0.191. The Hall–Kier alpha value is -1.45. The van der Waals surface area contributed by atoms with Gasteiger partial charge in [0.2, 0.25) is 10.0 Å². The molecular weight excluding hydrogens is 426 g/mol. The normalized spacial score (nSPS) is 12.7. The molecule has 0 fully saturated rings. The topological polar surface area (TPSA) is 89.0 Å². The Bertz CT molecular complexity index is 917. The first-order chi connectivity index (χ1) is 11.6. The van der Waals surface area contributed by atoms with E-state index >= 15 is 0 Å². The monoisotopic (exact) mass is 443 g/mol. The predicted molar refractivity (Wildman–Crippen MR) is 104 cm³/mol. The predicted octanol–water partition coefficient (Wildman–Crippen LogP) is 3.51. The van der Waals surface area contributed by atoms with Crippen molar-refractivity contribution >= 4 is 49.2 Å². The largest absolute Gasteiger partial charge is 0.292 e. The van der Waals surface area contributed by atoms with E-state index in [2.05, 4.69) is 30.6 Å². The molecule has 2 aromatic rings. The Kier molecular flexibility index (Phi) is 6.23. The van der Waals surface area contributed by atoms with Gasteiger partial charge in [-0.05, 0) is 49.4 Å². The Morgan fingerprint density at radius 3 is 2.60 bits per heavy atom. The van der Waals surface area contributed by atoms with Gasteiger partial charge < -0.3 is 0 Å². The van der Waals surface area contributed by atoms with Crippen LogP contribution in [0, 0.1) is 13.8 Å². The van der Waals surface area contributed by atoms with E-state index < -0.39 is 14.9 Å². The molecule has 1 aromatic carbocycles. The van der Waals surface area contributed by atoms with E-state index in [1.807, 2.05) is 13.2 Å². The molecule has 0 saturated carbocycles. The van der Waals surface area contributed by atoms with E-state index in [0.717, 1.165) is 11.8 Å². The number of hydrogen-bond donors (Lipinski definition) is 1. The average molecular weight is 444 g/mol. The van der Waals surface area contributed by atoms with E-state index in [1.54, 1.807) is 31.3 Å². The van der Waals surface area contributed by atoms with Crippen LogP contribution in [0.2, 0.25) is 0 Å². The molecule has 1 N–H and O–H groups in total. The number of aromatic nitrogens is 2. The third-order valence-corrected chi connectivity index (χ3v) is 5.48. The summed E-state index contributed by atoms with van der Waals surface area (Å²) in [4.78, 5) is 20.7. The Balaban J connectivity index is 2.44. The molecule has 9 heteroatoms. The highest BCUT2D eigenvalue weighted by molar-refractivity contribution is 9.09. The molecule has 2 rings (SSSR count). The summed E-state index contributed by atoms with van der Waals surface area (Å²) in [5.41, 5.74) is 2.76. The summed E-state index contributed by atoms with van der Waals surface area (Å²) in [6.45, 7) is 3.52. The fraction of sp³-hybridized carbons (Fsp3) is 0.312. The maximum atomic E-state index is 12.9. The number of halogens is 1. The van der Waals surface area contributed by atoms with Gasteiger partial charge in [-0.2, -0.15) is 0 Å². The van der Waals surface area contributed by atoms with Gasteiger partial charge >= 0.3 is 0 Å². The number of nitrogens with zero attached hydrogens (tertiary/aromatic N) is 2. The van der Waals surface area contributed by atoms with Gasteiger partial charge in [-0.25, -0.2) is 18.4 Å². The molecule has 1 unspecified atom stereocenters. The number of thioether (sulfide) groups is 1. The van der Waals surface area contributed by atoms with Crippen LogP contribution in [0.25, 0.3) is 0 Å². The molecule has 25 heavy (non-hydrogen) atoms. The number of benzene rings is 1. The number of ketones is 1. The molecule has 0 spiro atoms. The zero-order valence-electron chi connectivity index (χ0n) is 14.2. The van der Waals surface area contributed by atoms with Crippen molar-refractivity contribution in [2.45, 2.75) is 23.8 Å². The SMILES string of the molecule is CSc1nccc(C(Br)C(=O)c2cc(C)cc(NS(C)(=O)=O)c2C)n1. The fourth-order valence-electron chi connectivity index (χ4n) is 2.28. The number of nitrogens with one attached hydrogen (secondary N) is 1. The second-order valence-electron chi connectivity index (χ2n) is 5.55. The van der Waals surface area contributed by atoms with Crippen LogP contribution in [0.3, 0.4) is 0 Å². The number of hydrogen-bond acceptors (Lipinski definition) is 6. The third kappa shape index (κ3) is 5.02. The second-order valence-corrected chi connectivity index (χ2v) is 8.99. The molecule has 1 heterocycles. The minimum absolute atomic E-state index is 0.191. The number of sulfonamides is 1. The molecule has 0 aliphatic heterocycles. The summed E-state index contributed by atoms with van der Waals surface area (Å²) in [6, 6.07) is 5.13. The van der Waals surface area contributed by atoms with Crippen molar-refractivity contribution in [3.8, 4) is 0 Å². The molecule has 1 atom stereocenters. The Labute approximate surface area is 160 Å². The summed E-state index contributed by atoms with van der Waals surface area (Å²) in [5, 5.41) is 0.579. The van der Waals surface area contributed by atoms with Gasteiger partial charge in [0, 0.05) is 11.8 Å². The first kappa shape index (κ1) is 19.9. The second kappa shape index (κ2) is 7.84. The van der Waals surface area contributed by atoms with Crippen molar-refractivity contribution in [1.82, 2.24) is 9.97 Å². The number of Topliss-reactive ketones (excluding diaryl/α,β-unsaturated/α-hetero) is 1. The number of aryl methyl sites for hydroxylation is 1. The van der Waals surface area contributed by atoms with Gasteiger partial charge in [0.25, 0.3) is 0 Å². The molecule has 0 bridgehead atoms. The quantitative estimate of drug-likeness (QED) is 0.318. The Morgan fingerprint density at radius 1 is 1.32 bits per heavy atom. The van der Waals surface area contributed by atoms with Crippen LogP contribution in [-0.4, -0.2) is 36.7 Å². The van der Waals surface area contributed by atoms with Gasteiger partial charge in [-0.1, -0.05) is 27.7 Å². The molecule has 0 saturated heterocycles. The minimum Gasteiger partial charge on any atom is -0.292 e. The number of carbonyl (C=O) groups excluding carboxylic acids is 1.